The van der Waals surface area contributed by atoms with E-state index in [4.69, 9.17) is 26.2 Å². The highest BCUT2D eigenvalue weighted by Crippen LogP contribution is 2.32. The van der Waals surface area contributed by atoms with Gasteiger partial charge in [-0.15, -0.1) is 12.6 Å². The molecular weight excluding hydrogens is 340 g/mol. The number of rotatable bonds is 6. The zero-order chi connectivity index (χ0) is 16.8. The summed E-state index contributed by atoms with van der Waals surface area (Å²) in [5.41, 5.74) is 0.972. The van der Waals surface area contributed by atoms with Gasteiger partial charge in [-0.05, 0) is 24.3 Å². The number of aliphatic imine (C=N–C) groups is 1. The molecule has 0 radical (unpaired) electrons. The predicted molar refractivity (Wildman–Crippen MR) is 92.4 cm³/mol. The van der Waals surface area contributed by atoms with Gasteiger partial charge >= 0.3 is 5.97 Å². The fraction of sp³-hybridized carbons (Fsp3) is 0.200. The van der Waals surface area contributed by atoms with E-state index >= 15 is 0 Å². The van der Waals surface area contributed by atoms with Gasteiger partial charge in [-0.1, -0.05) is 23.7 Å². The first-order valence-corrected chi connectivity index (χ1v) is 7.48. The summed E-state index contributed by atoms with van der Waals surface area (Å²) >= 11 is 10.1. The maximum absolute atomic E-state index is 10.7. The molecule has 1 aromatic rings. The highest BCUT2D eigenvalue weighted by atomic mass is 35.5. The van der Waals surface area contributed by atoms with Crippen LogP contribution in [0.1, 0.15) is 5.56 Å². The van der Waals surface area contributed by atoms with Crippen molar-refractivity contribution < 1.29 is 19.4 Å². The fourth-order valence-electron chi connectivity index (χ4n) is 1.89. The summed E-state index contributed by atoms with van der Waals surface area (Å²) in [6.07, 6.45) is 5.18. The lowest BCUT2D eigenvalue weighted by atomic mass is 10.1. The Morgan fingerprint density at radius 2 is 2.30 bits per heavy atom. The van der Waals surface area contributed by atoms with Crippen molar-refractivity contribution in [1.29, 1.82) is 0 Å². The van der Waals surface area contributed by atoms with Gasteiger partial charge in [-0.25, -0.2) is 9.79 Å². The third kappa shape index (κ3) is 4.94. The van der Waals surface area contributed by atoms with Crippen LogP contribution in [0.2, 0.25) is 0 Å². The molecule has 23 heavy (non-hydrogen) atoms. The SMILES string of the molecule is COc1cccc(/C=C/C2=CC(Cl)=NC(S)N2)c1OCC(=O)O. The molecule has 0 fully saturated rings. The molecular formula is C15H15ClN2O4S. The molecule has 0 saturated carbocycles. The number of carbonyl (C=O) groups is 1. The third-order valence-corrected chi connectivity index (χ3v) is 3.28. The molecule has 1 heterocycles. The summed E-state index contributed by atoms with van der Waals surface area (Å²) in [4.78, 5) is 14.7. The Labute approximate surface area is 143 Å². The number of aliphatic carboxylic acids is 1. The van der Waals surface area contributed by atoms with E-state index in [1.54, 1.807) is 36.4 Å². The van der Waals surface area contributed by atoms with Crippen molar-refractivity contribution in [2.45, 2.75) is 5.50 Å². The Kier molecular flexibility index (Phi) is 5.95. The maximum atomic E-state index is 10.7. The summed E-state index contributed by atoms with van der Waals surface area (Å²) in [7, 11) is 1.49. The molecule has 122 valence electrons. The molecule has 1 aliphatic rings. The summed E-state index contributed by atoms with van der Waals surface area (Å²) < 4.78 is 10.5. The highest BCUT2D eigenvalue weighted by Gasteiger charge is 2.12. The van der Waals surface area contributed by atoms with Crippen LogP contribution >= 0.6 is 24.2 Å². The Balaban J connectivity index is 2.26. The molecule has 0 aliphatic carbocycles. The van der Waals surface area contributed by atoms with E-state index in [1.807, 2.05) is 0 Å². The number of nitrogens with zero attached hydrogens (tertiary/aromatic N) is 1. The zero-order valence-corrected chi connectivity index (χ0v) is 13.8. The van der Waals surface area contributed by atoms with Crippen molar-refractivity contribution in [3.63, 3.8) is 0 Å². The Morgan fingerprint density at radius 3 is 2.96 bits per heavy atom. The molecule has 1 atom stereocenters. The number of allylic oxidation sites excluding steroid dienone is 2. The van der Waals surface area contributed by atoms with Crippen molar-refractivity contribution in [3.8, 4) is 11.5 Å². The van der Waals surface area contributed by atoms with Gasteiger partial charge in [0.05, 0.1) is 7.11 Å². The number of ether oxygens (including phenoxy) is 2. The molecule has 0 spiro atoms. The van der Waals surface area contributed by atoms with Crippen LogP contribution in [0.25, 0.3) is 6.08 Å². The lowest BCUT2D eigenvalue weighted by molar-refractivity contribution is -0.139. The maximum Gasteiger partial charge on any atom is 0.341 e. The minimum Gasteiger partial charge on any atom is -0.493 e. The van der Waals surface area contributed by atoms with E-state index in [1.165, 1.54) is 7.11 Å². The zero-order valence-electron chi connectivity index (χ0n) is 12.2. The molecule has 0 bridgehead atoms. The van der Waals surface area contributed by atoms with E-state index in [9.17, 15) is 4.79 Å². The first-order valence-electron chi connectivity index (χ1n) is 6.59. The molecule has 0 saturated heterocycles. The minimum atomic E-state index is -1.07. The smallest absolute Gasteiger partial charge is 0.341 e. The quantitative estimate of drug-likeness (QED) is 0.684. The summed E-state index contributed by atoms with van der Waals surface area (Å²) in [6, 6.07) is 5.26. The molecule has 1 aromatic carbocycles. The first-order chi connectivity index (χ1) is 11.0. The van der Waals surface area contributed by atoms with Crippen LogP contribution in [0.3, 0.4) is 0 Å². The molecule has 0 aromatic heterocycles. The van der Waals surface area contributed by atoms with E-state index in [0.717, 1.165) is 5.70 Å². The molecule has 8 heteroatoms. The number of carboxylic acids is 1. The monoisotopic (exact) mass is 354 g/mol. The van der Waals surface area contributed by atoms with Gasteiger partial charge in [-0.3, -0.25) is 0 Å². The number of para-hydroxylation sites is 1. The van der Waals surface area contributed by atoms with Gasteiger partial charge in [-0.2, -0.15) is 0 Å². The number of benzene rings is 1. The summed E-state index contributed by atoms with van der Waals surface area (Å²) in [5, 5.41) is 12.1. The number of thiol groups is 1. The van der Waals surface area contributed by atoms with E-state index in [0.29, 0.717) is 22.2 Å². The molecule has 1 unspecified atom stereocenters. The van der Waals surface area contributed by atoms with Crippen LogP contribution in [0.4, 0.5) is 0 Å². The van der Waals surface area contributed by atoms with Crippen molar-refractivity contribution in [2.75, 3.05) is 13.7 Å². The number of methoxy groups -OCH3 is 1. The largest absolute Gasteiger partial charge is 0.493 e. The lowest BCUT2D eigenvalue weighted by Gasteiger charge is -2.16. The minimum absolute atomic E-state index is 0.344. The fourth-order valence-corrected chi connectivity index (χ4v) is 2.45. The average Bonchev–Trinajstić information content (AvgIpc) is 2.50. The molecule has 0 amide bonds. The number of halogens is 1. The third-order valence-electron chi connectivity index (χ3n) is 2.83. The predicted octanol–water partition coefficient (Wildman–Crippen LogP) is 2.51. The number of nitrogens with one attached hydrogen (secondary N) is 1. The van der Waals surface area contributed by atoms with Gasteiger partial charge in [0, 0.05) is 11.3 Å². The van der Waals surface area contributed by atoms with E-state index in [-0.39, 0.29) is 0 Å². The van der Waals surface area contributed by atoms with Crippen LogP contribution in [0.5, 0.6) is 11.5 Å². The van der Waals surface area contributed by atoms with Gasteiger partial charge in [0.1, 0.15) is 5.17 Å². The molecule has 1 aliphatic heterocycles. The Hall–Kier alpha value is -2.12. The second kappa shape index (κ2) is 7.94. The standard InChI is InChI=1S/C15H15ClN2O4S/c1-21-11-4-2-3-9(14(11)22-8-13(19)20)5-6-10-7-12(16)18-15(23)17-10/h2-7,15,17,23H,8H2,1H3,(H,19,20)/b6-5+. The van der Waals surface area contributed by atoms with Crippen LogP contribution in [-0.2, 0) is 4.79 Å². The van der Waals surface area contributed by atoms with Crippen molar-refractivity contribution in [1.82, 2.24) is 5.32 Å². The first kappa shape index (κ1) is 17.2. The summed E-state index contributed by atoms with van der Waals surface area (Å²) in [6.45, 7) is -0.459. The van der Waals surface area contributed by atoms with Gasteiger partial charge < -0.3 is 19.9 Å². The van der Waals surface area contributed by atoms with Crippen LogP contribution in [0.15, 0.2) is 41.0 Å². The van der Waals surface area contributed by atoms with Gasteiger partial charge in [0.15, 0.2) is 23.6 Å². The Bertz CT molecular complexity index is 688. The molecule has 2 rings (SSSR count). The van der Waals surface area contributed by atoms with Crippen LogP contribution in [-0.4, -0.2) is 35.5 Å². The summed E-state index contributed by atoms with van der Waals surface area (Å²) in [5.74, 6) is -0.263. The topological polar surface area (TPSA) is 80.1 Å². The molecule has 2 N–H and O–H groups in total. The van der Waals surface area contributed by atoms with Crippen LogP contribution in [0, 0.1) is 0 Å². The van der Waals surface area contributed by atoms with Crippen LogP contribution < -0.4 is 14.8 Å². The van der Waals surface area contributed by atoms with Crippen molar-refractivity contribution in [3.05, 3.63) is 41.6 Å². The van der Waals surface area contributed by atoms with Gasteiger partial charge in [0.2, 0.25) is 0 Å². The highest BCUT2D eigenvalue weighted by molar-refractivity contribution is 7.80. The van der Waals surface area contributed by atoms with Gasteiger partial charge in [0.25, 0.3) is 0 Å². The second-order valence-electron chi connectivity index (χ2n) is 4.46. The number of hydrogen-bond acceptors (Lipinski definition) is 6. The normalized spacial score (nSPS) is 17.3. The van der Waals surface area contributed by atoms with E-state index < -0.39 is 18.1 Å². The number of carboxylic acid groups (broad SMARTS) is 1. The van der Waals surface area contributed by atoms with E-state index in [2.05, 4.69) is 22.9 Å². The average molecular weight is 355 g/mol. The molecule has 6 nitrogen and oxygen atoms in total. The van der Waals surface area contributed by atoms with Crippen molar-refractivity contribution in [2.24, 2.45) is 4.99 Å². The lowest BCUT2D eigenvalue weighted by Crippen LogP contribution is -2.24. The Morgan fingerprint density at radius 1 is 1.52 bits per heavy atom. The van der Waals surface area contributed by atoms with Crippen molar-refractivity contribution >= 4 is 41.4 Å². The second-order valence-corrected chi connectivity index (χ2v) is 5.34. The number of hydrogen-bond donors (Lipinski definition) is 3.